The Labute approximate surface area is 133 Å². The summed E-state index contributed by atoms with van der Waals surface area (Å²) in [4.78, 5) is 24.7. The third-order valence-corrected chi connectivity index (χ3v) is 3.98. The molecular formula is C16H19N3O2S. The number of hydrogen-bond acceptors (Lipinski definition) is 4. The molecule has 0 aliphatic rings. The molecular weight excluding hydrogens is 298 g/mol. The second-order valence-electron chi connectivity index (χ2n) is 4.86. The molecule has 22 heavy (non-hydrogen) atoms. The van der Waals surface area contributed by atoms with Crippen molar-refractivity contribution >= 4 is 34.5 Å². The predicted molar refractivity (Wildman–Crippen MR) is 90.2 cm³/mol. The summed E-state index contributed by atoms with van der Waals surface area (Å²) in [6, 6.07) is 10.1. The van der Waals surface area contributed by atoms with Crippen molar-refractivity contribution in [2.45, 2.75) is 25.8 Å². The molecule has 0 saturated heterocycles. The number of carbonyl (C=O) groups is 2. The van der Waals surface area contributed by atoms with Crippen LogP contribution in [0.25, 0.3) is 0 Å². The number of benzene rings is 1. The first-order valence-corrected chi connectivity index (χ1v) is 8.00. The van der Waals surface area contributed by atoms with Crippen LogP contribution in [0, 0.1) is 0 Å². The fraction of sp³-hybridized carbons (Fsp3) is 0.250. The molecule has 1 unspecified atom stereocenters. The Morgan fingerprint density at radius 2 is 1.82 bits per heavy atom. The Balaban J connectivity index is 2.10. The number of rotatable bonds is 6. The predicted octanol–water partition coefficient (Wildman–Crippen LogP) is 3.07. The first-order valence-electron chi connectivity index (χ1n) is 7.12. The van der Waals surface area contributed by atoms with Gasteiger partial charge >= 0.3 is 0 Å². The highest BCUT2D eigenvalue weighted by molar-refractivity contribution is 7.12. The van der Waals surface area contributed by atoms with Crippen LogP contribution in [0.5, 0.6) is 0 Å². The number of thiophene rings is 1. The van der Waals surface area contributed by atoms with E-state index in [2.05, 4.69) is 10.6 Å². The molecule has 1 aromatic heterocycles. The molecule has 5 nitrogen and oxygen atoms in total. The molecule has 0 fully saturated rings. The molecule has 0 radical (unpaired) electrons. The summed E-state index contributed by atoms with van der Waals surface area (Å²) in [5.74, 6) is -0.450. The van der Waals surface area contributed by atoms with Gasteiger partial charge in [0.25, 0.3) is 5.91 Å². The van der Waals surface area contributed by atoms with E-state index in [1.165, 1.54) is 11.3 Å². The Kier molecular flexibility index (Phi) is 5.68. The van der Waals surface area contributed by atoms with E-state index < -0.39 is 6.04 Å². The zero-order chi connectivity index (χ0) is 15.9. The van der Waals surface area contributed by atoms with Crippen LogP contribution in [0.4, 0.5) is 11.4 Å². The lowest BCUT2D eigenvalue weighted by Crippen LogP contribution is -2.35. The van der Waals surface area contributed by atoms with E-state index in [4.69, 9.17) is 5.73 Å². The van der Waals surface area contributed by atoms with Crippen LogP contribution >= 0.6 is 11.3 Å². The average molecular weight is 317 g/mol. The topological polar surface area (TPSA) is 84.2 Å². The van der Waals surface area contributed by atoms with Crippen LogP contribution in [0.1, 0.15) is 29.4 Å². The van der Waals surface area contributed by atoms with Gasteiger partial charge in [0, 0.05) is 0 Å². The molecule has 116 valence electrons. The van der Waals surface area contributed by atoms with Crippen LogP contribution in [-0.4, -0.2) is 17.9 Å². The van der Waals surface area contributed by atoms with Crippen molar-refractivity contribution in [3.63, 3.8) is 0 Å². The van der Waals surface area contributed by atoms with Gasteiger partial charge in [0.15, 0.2) is 0 Å². The lowest BCUT2D eigenvalue weighted by atomic mass is 10.1. The number of carbonyl (C=O) groups excluding carboxylic acids is 2. The van der Waals surface area contributed by atoms with E-state index in [0.717, 1.165) is 6.42 Å². The van der Waals surface area contributed by atoms with Gasteiger partial charge in [-0.15, -0.1) is 11.3 Å². The van der Waals surface area contributed by atoms with Crippen LogP contribution < -0.4 is 16.4 Å². The highest BCUT2D eigenvalue weighted by Crippen LogP contribution is 2.22. The SMILES string of the molecule is CCCC(N)C(=O)Nc1ccccc1NC(=O)c1cccs1. The molecule has 1 aromatic carbocycles. The van der Waals surface area contributed by atoms with Crippen molar-refractivity contribution < 1.29 is 9.59 Å². The van der Waals surface area contributed by atoms with E-state index in [0.29, 0.717) is 22.7 Å². The summed E-state index contributed by atoms with van der Waals surface area (Å²) < 4.78 is 0. The monoisotopic (exact) mass is 317 g/mol. The molecule has 0 aliphatic carbocycles. The second-order valence-corrected chi connectivity index (χ2v) is 5.81. The molecule has 1 heterocycles. The lowest BCUT2D eigenvalue weighted by molar-refractivity contribution is -0.117. The maximum atomic E-state index is 12.1. The maximum absolute atomic E-state index is 12.1. The van der Waals surface area contributed by atoms with Crippen molar-refractivity contribution in [1.82, 2.24) is 0 Å². The molecule has 0 bridgehead atoms. The van der Waals surface area contributed by atoms with Gasteiger partial charge in [0.05, 0.1) is 22.3 Å². The fourth-order valence-corrected chi connectivity index (χ4v) is 2.58. The number of para-hydroxylation sites is 2. The van der Waals surface area contributed by atoms with Crippen molar-refractivity contribution in [3.8, 4) is 0 Å². The van der Waals surface area contributed by atoms with E-state index in [9.17, 15) is 9.59 Å². The highest BCUT2D eigenvalue weighted by Gasteiger charge is 2.15. The molecule has 2 aromatic rings. The van der Waals surface area contributed by atoms with E-state index in [1.807, 2.05) is 18.4 Å². The maximum Gasteiger partial charge on any atom is 0.265 e. The lowest BCUT2D eigenvalue weighted by Gasteiger charge is -2.14. The third-order valence-electron chi connectivity index (χ3n) is 3.11. The van der Waals surface area contributed by atoms with Crippen LogP contribution in [0.3, 0.4) is 0 Å². The van der Waals surface area contributed by atoms with Gasteiger partial charge in [-0.3, -0.25) is 9.59 Å². The summed E-state index contributed by atoms with van der Waals surface area (Å²) in [6.07, 6.45) is 1.46. The third kappa shape index (κ3) is 4.16. The van der Waals surface area contributed by atoms with Crippen LogP contribution in [-0.2, 0) is 4.79 Å². The van der Waals surface area contributed by atoms with Gasteiger partial charge in [0.1, 0.15) is 0 Å². The average Bonchev–Trinajstić information content (AvgIpc) is 3.03. The van der Waals surface area contributed by atoms with Crippen LogP contribution in [0.15, 0.2) is 41.8 Å². The summed E-state index contributed by atoms with van der Waals surface area (Å²) in [5.41, 5.74) is 6.91. The molecule has 4 N–H and O–H groups in total. The number of nitrogens with one attached hydrogen (secondary N) is 2. The molecule has 0 spiro atoms. The molecule has 6 heteroatoms. The minimum atomic E-state index is -0.550. The van der Waals surface area contributed by atoms with Gasteiger partial charge in [-0.05, 0) is 30.0 Å². The fourth-order valence-electron chi connectivity index (χ4n) is 1.96. The smallest absolute Gasteiger partial charge is 0.265 e. The van der Waals surface area contributed by atoms with E-state index >= 15 is 0 Å². The first kappa shape index (κ1) is 16.2. The Bertz CT molecular complexity index is 641. The number of hydrogen-bond donors (Lipinski definition) is 3. The summed E-state index contributed by atoms with van der Waals surface area (Å²) in [7, 11) is 0. The number of nitrogens with two attached hydrogens (primary N) is 1. The Morgan fingerprint density at radius 1 is 1.14 bits per heavy atom. The van der Waals surface area contributed by atoms with Gasteiger partial charge < -0.3 is 16.4 Å². The zero-order valence-corrected chi connectivity index (χ0v) is 13.2. The standard InChI is InChI=1S/C16H19N3O2S/c1-2-6-11(17)15(20)18-12-7-3-4-8-13(12)19-16(21)14-9-5-10-22-14/h3-5,7-11H,2,6,17H2,1H3,(H,18,20)(H,19,21). The highest BCUT2D eigenvalue weighted by atomic mass is 32.1. The summed E-state index contributed by atoms with van der Waals surface area (Å²) in [6.45, 7) is 1.97. The van der Waals surface area contributed by atoms with E-state index in [-0.39, 0.29) is 11.8 Å². The summed E-state index contributed by atoms with van der Waals surface area (Å²) in [5, 5.41) is 7.42. The zero-order valence-electron chi connectivity index (χ0n) is 12.3. The van der Waals surface area contributed by atoms with Crippen molar-refractivity contribution in [1.29, 1.82) is 0 Å². The van der Waals surface area contributed by atoms with E-state index in [1.54, 1.807) is 30.3 Å². The first-order chi connectivity index (χ1) is 10.6. The Hall–Kier alpha value is -2.18. The minimum absolute atomic E-state index is 0.199. The molecule has 2 amide bonds. The molecule has 2 rings (SSSR count). The van der Waals surface area contributed by atoms with Gasteiger partial charge in [-0.2, -0.15) is 0 Å². The number of anilines is 2. The van der Waals surface area contributed by atoms with Gasteiger partial charge in [0.2, 0.25) is 5.91 Å². The number of amides is 2. The van der Waals surface area contributed by atoms with Crippen molar-refractivity contribution in [3.05, 3.63) is 46.7 Å². The normalized spacial score (nSPS) is 11.7. The van der Waals surface area contributed by atoms with Crippen LogP contribution in [0.2, 0.25) is 0 Å². The van der Waals surface area contributed by atoms with Crippen molar-refractivity contribution in [2.24, 2.45) is 5.73 Å². The summed E-state index contributed by atoms with van der Waals surface area (Å²) >= 11 is 1.36. The quantitative estimate of drug-likeness (QED) is 0.765. The molecule has 0 aliphatic heterocycles. The molecule has 0 saturated carbocycles. The minimum Gasteiger partial charge on any atom is -0.323 e. The van der Waals surface area contributed by atoms with Gasteiger partial charge in [-0.1, -0.05) is 31.5 Å². The largest absolute Gasteiger partial charge is 0.323 e. The van der Waals surface area contributed by atoms with Crippen molar-refractivity contribution in [2.75, 3.05) is 10.6 Å². The second kappa shape index (κ2) is 7.72. The molecule has 1 atom stereocenters. The Morgan fingerprint density at radius 3 is 2.41 bits per heavy atom. The van der Waals surface area contributed by atoms with Gasteiger partial charge in [-0.25, -0.2) is 0 Å².